The first-order chi connectivity index (χ1) is 11.8. The van der Waals surface area contributed by atoms with E-state index in [0.717, 1.165) is 24.5 Å². The van der Waals surface area contributed by atoms with Gasteiger partial charge in [0.1, 0.15) is 0 Å². The summed E-state index contributed by atoms with van der Waals surface area (Å²) in [5.41, 5.74) is 0. The van der Waals surface area contributed by atoms with E-state index in [2.05, 4.69) is 27.1 Å². The van der Waals surface area contributed by atoms with Crippen molar-refractivity contribution in [2.24, 2.45) is 0 Å². The van der Waals surface area contributed by atoms with Crippen LogP contribution in [-0.2, 0) is 11.3 Å². The van der Waals surface area contributed by atoms with E-state index >= 15 is 0 Å². The van der Waals surface area contributed by atoms with Crippen LogP contribution in [0.3, 0.4) is 0 Å². The zero-order valence-corrected chi connectivity index (χ0v) is 14.2. The zero-order valence-electron chi connectivity index (χ0n) is 13.4. The van der Waals surface area contributed by atoms with E-state index in [4.69, 9.17) is 9.15 Å². The van der Waals surface area contributed by atoms with E-state index < -0.39 is 0 Å². The van der Waals surface area contributed by atoms with Crippen LogP contribution in [0, 0.1) is 0 Å². The van der Waals surface area contributed by atoms with Crippen LogP contribution < -0.4 is 0 Å². The van der Waals surface area contributed by atoms with E-state index in [9.17, 15) is 0 Å². The van der Waals surface area contributed by atoms with Gasteiger partial charge in [-0.2, -0.15) is 5.10 Å². The second-order valence-electron chi connectivity index (χ2n) is 5.81. The number of aromatic nitrogens is 4. The van der Waals surface area contributed by atoms with Crippen molar-refractivity contribution in [3.8, 4) is 10.8 Å². The summed E-state index contributed by atoms with van der Waals surface area (Å²) in [7, 11) is 0. The van der Waals surface area contributed by atoms with E-state index in [1.165, 1.54) is 0 Å². The molecular weight excluding hydrogens is 326 g/mol. The molecule has 4 rings (SSSR count). The van der Waals surface area contributed by atoms with E-state index in [-0.39, 0.29) is 12.1 Å². The maximum absolute atomic E-state index is 5.87. The summed E-state index contributed by atoms with van der Waals surface area (Å²) in [6, 6.07) is 5.96. The lowest BCUT2D eigenvalue weighted by Crippen LogP contribution is -2.45. The lowest BCUT2D eigenvalue weighted by Gasteiger charge is -2.35. The van der Waals surface area contributed by atoms with Gasteiger partial charge in [0.15, 0.2) is 0 Å². The topological polar surface area (TPSA) is 69.2 Å². The van der Waals surface area contributed by atoms with E-state index in [0.29, 0.717) is 18.4 Å². The van der Waals surface area contributed by atoms with Gasteiger partial charge in [0.2, 0.25) is 5.89 Å². The third kappa shape index (κ3) is 3.26. The van der Waals surface area contributed by atoms with Crippen molar-refractivity contribution < 1.29 is 9.15 Å². The molecule has 126 valence electrons. The first kappa shape index (κ1) is 15.5. The van der Waals surface area contributed by atoms with Gasteiger partial charge in [0.05, 0.1) is 30.2 Å². The number of thiophene rings is 1. The SMILES string of the molecule is C[C@H](c1nnc(-c2cccs2)o1)N1CCO[C@@H](Cn2cccn2)C1. The van der Waals surface area contributed by atoms with Gasteiger partial charge in [-0.25, -0.2) is 0 Å². The Bertz CT molecular complexity index is 755. The molecule has 0 N–H and O–H groups in total. The van der Waals surface area contributed by atoms with Gasteiger partial charge in [-0.15, -0.1) is 21.5 Å². The fraction of sp³-hybridized carbons (Fsp3) is 0.438. The molecule has 4 heterocycles. The van der Waals surface area contributed by atoms with E-state index in [1.54, 1.807) is 17.5 Å². The molecule has 2 atom stereocenters. The van der Waals surface area contributed by atoms with E-state index in [1.807, 2.05) is 34.5 Å². The quantitative estimate of drug-likeness (QED) is 0.707. The highest BCUT2D eigenvalue weighted by Crippen LogP contribution is 2.27. The second-order valence-corrected chi connectivity index (χ2v) is 6.76. The molecule has 7 nitrogen and oxygen atoms in total. The Labute approximate surface area is 143 Å². The summed E-state index contributed by atoms with van der Waals surface area (Å²) in [5, 5.41) is 14.7. The van der Waals surface area contributed by atoms with Gasteiger partial charge in [0.25, 0.3) is 5.89 Å². The Morgan fingerprint density at radius 1 is 1.38 bits per heavy atom. The average molecular weight is 345 g/mol. The molecule has 0 amide bonds. The van der Waals surface area contributed by atoms with Crippen molar-refractivity contribution in [2.75, 3.05) is 19.7 Å². The molecule has 0 aliphatic carbocycles. The monoisotopic (exact) mass is 345 g/mol. The molecule has 24 heavy (non-hydrogen) atoms. The minimum atomic E-state index is 0.0650. The number of nitrogens with zero attached hydrogens (tertiary/aromatic N) is 5. The number of morpholine rings is 1. The van der Waals surface area contributed by atoms with Crippen LogP contribution >= 0.6 is 11.3 Å². The molecule has 3 aromatic rings. The predicted octanol–water partition coefficient (Wildman–Crippen LogP) is 2.46. The summed E-state index contributed by atoms with van der Waals surface area (Å²) in [6.45, 7) is 5.22. The zero-order chi connectivity index (χ0) is 16.4. The van der Waals surface area contributed by atoms with Gasteiger partial charge < -0.3 is 9.15 Å². The van der Waals surface area contributed by atoms with Crippen LogP contribution in [0.5, 0.6) is 0 Å². The summed E-state index contributed by atoms with van der Waals surface area (Å²) < 4.78 is 13.6. The predicted molar refractivity (Wildman–Crippen MR) is 89.6 cm³/mol. The molecule has 1 saturated heterocycles. The Balaban J connectivity index is 1.43. The maximum Gasteiger partial charge on any atom is 0.257 e. The van der Waals surface area contributed by atoms with Crippen molar-refractivity contribution in [3.05, 3.63) is 41.9 Å². The van der Waals surface area contributed by atoms with Crippen molar-refractivity contribution in [3.63, 3.8) is 0 Å². The fourth-order valence-corrected chi connectivity index (χ4v) is 3.53. The maximum atomic E-state index is 5.87. The molecule has 1 aliphatic heterocycles. The average Bonchev–Trinajstić information content (AvgIpc) is 3.35. The van der Waals surface area contributed by atoms with Crippen LogP contribution in [0.2, 0.25) is 0 Å². The molecule has 0 unspecified atom stereocenters. The van der Waals surface area contributed by atoms with Crippen molar-refractivity contribution in [2.45, 2.75) is 25.6 Å². The molecule has 3 aromatic heterocycles. The summed E-state index contributed by atoms with van der Waals surface area (Å²) in [4.78, 5) is 3.32. The molecule has 0 saturated carbocycles. The molecule has 0 bridgehead atoms. The highest BCUT2D eigenvalue weighted by Gasteiger charge is 2.28. The summed E-state index contributed by atoms with van der Waals surface area (Å²) in [6.07, 6.45) is 3.85. The van der Waals surface area contributed by atoms with Crippen LogP contribution in [0.1, 0.15) is 18.9 Å². The van der Waals surface area contributed by atoms with Crippen molar-refractivity contribution >= 4 is 11.3 Å². The largest absolute Gasteiger partial charge is 0.418 e. The minimum absolute atomic E-state index is 0.0650. The Morgan fingerprint density at radius 2 is 2.33 bits per heavy atom. The number of ether oxygens (including phenoxy) is 1. The van der Waals surface area contributed by atoms with Crippen LogP contribution in [-0.4, -0.2) is 50.7 Å². The number of hydrogen-bond donors (Lipinski definition) is 0. The van der Waals surface area contributed by atoms with Crippen LogP contribution in [0.15, 0.2) is 40.4 Å². The fourth-order valence-electron chi connectivity index (χ4n) is 2.88. The van der Waals surface area contributed by atoms with Gasteiger partial charge in [0, 0.05) is 25.5 Å². The van der Waals surface area contributed by atoms with Crippen LogP contribution in [0.4, 0.5) is 0 Å². The number of rotatable bonds is 5. The third-order valence-corrected chi connectivity index (χ3v) is 5.06. The Kier molecular flexibility index (Phi) is 4.42. The van der Waals surface area contributed by atoms with Gasteiger partial charge in [-0.3, -0.25) is 9.58 Å². The second kappa shape index (κ2) is 6.84. The van der Waals surface area contributed by atoms with Gasteiger partial charge in [-0.05, 0) is 24.4 Å². The molecule has 8 heteroatoms. The molecule has 1 fully saturated rings. The minimum Gasteiger partial charge on any atom is -0.418 e. The smallest absolute Gasteiger partial charge is 0.257 e. The highest BCUT2D eigenvalue weighted by molar-refractivity contribution is 7.13. The first-order valence-electron chi connectivity index (χ1n) is 8.00. The number of hydrogen-bond acceptors (Lipinski definition) is 7. The Hall–Kier alpha value is -2.03. The molecule has 0 radical (unpaired) electrons. The first-order valence-corrected chi connectivity index (χ1v) is 8.88. The highest BCUT2D eigenvalue weighted by atomic mass is 32.1. The molecule has 0 aromatic carbocycles. The van der Waals surface area contributed by atoms with Gasteiger partial charge in [-0.1, -0.05) is 6.07 Å². The lowest BCUT2D eigenvalue weighted by atomic mass is 10.2. The lowest BCUT2D eigenvalue weighted by molar-refractivity contribution is -0.0526. The van der Waals surface area contributed by atoms with Crippen molar-refractivity contribution in [1.82, 2.24) is 24.9 Å². The third-order valence-electron chi connectivity index (χ3n) is 4.20. The van der Waals surface area contributed by atoms with Crippen LogP contribution in [0.25, 0.3) is 10.8 Å². The molecular formula is C16H19N5O2S. The standard InChI is InChI=1S/C16H19N5O2S/c1-12(15-18-19-16(23-15)14-4-2-9-24-14)20-7-8-22-13(10-20)11-21-6-3-5-17-21/h2-6,9,12-13H,7-8,10-11H2,1H3/t12-,13-/m1/s1. The van der Waals surface area contributed by atoms with Crippen molar-refractivity contribution in [1.29, 1.82) is 0 Å². The summed E-state index contributed by atoms with van der Waals surface area (Å²) >= 11 is 1.60. The normalized spacial score (nSPS) is 20.3. The summed E-state index contributed by atoms with van der Waals surface area (Å²) in [5.74, 6) is 1.24. The Morgan fingerprint density at radius 3 is 3.12 bits per heavy atom. The van der Waals surface area contributed by atoms with Gasteiger partial charge >= 0.3 is 0 Å². The molecule has 0 spiro atoms. The molecule has 1 aliphatic rings.